The molecule has 90 valence electrons. The van der Waals surface area contributed by atoms with Crippen LogP contribution in [0.15, 0.2) is 18.3 Å². The first-order chi connectivity index (χ1) is 7.88. The lowest BCUT2D eigenvalue weighted by molar-refractivity contribution is 0.340. The van der Waals surface area contributed by atoms with Crippen molar-refractivity contribution in [2.45, 2.75) is 20.3 Å². The standard InChI is InChI=1S/C12H21N3O/c1-3-13-8-6-10-15-12-11(16-4-2)7-5-9-14-12/h5,7,9,13H,3-4,6,8,10H2,1-2H3,(H,14,15). The third-order valence-electron chi connectivity index (χ3n) is 2.14. The zero-order valence-electron chi connectivity index (χ0n) is 10.1. The monoisotopic (exact) mass is 223 g/mol. The Morgan fingerprint density at radius 2 is 2.19 bits per heavy atom. The van der Waals surface area contributed by atoms with Gasteiger partial charge in [-0.3, -0.25) is 0 Å². The van der Waals surface area contributed by atoms with Gasteiger partial charge in [0.05, 0.1) is 6.61 Å². The molecular formula is C12H21N3O. The minimum atomic E-state index is 0.664. The second-order valence-corrected chi connectivity index (χ2v) is 3.42. The summed E-state index contributed by atoms with van der Waals surface area (Å²) in [6.07, 6.45) is 2.85. The molecule has 0 amide bonds. The normalized spacial score (nSPS) is 10.1. The SMILES string of the molecule is CCNCCCNc1ncccc1OCC. The maximum absolute atomic E-state index is 5.47. The van der Waals surface area contributed by atoms with E-state index < -0.39 is 0 Å². The summed E-state index contributed by atoms with van der Waals surface area (Å²) in [6, 6.07) is 3.82. The van der Waals surface area contributed by atoms with E-state index in [-0.39, 0.29) is 0 Å². The predicted octanol–water partition coefficient (Wildman–Crippen LogP) is 1.89. The molecule has 0 atom stereocenters. The van der Waals surface area contributed by atoms with Gasteiger partial charge in [0.2, 0.25) is 0 Å². The third-order valence-corrected chi connectivity index (χ3v) is 2.14. The number of hydrogen-bond acceptors (Lipinski definition) is 4. The highest BCUT2D eigenvalue weighted by Gasteiger charge is 2.01. The van der Waals surface area contributed by atoms with Gasteiger partial charge in [-0.05, 0) is 38.6 Å². The van der Waals surface area contributed by atoms with E-state index in [4.69, 9.17) is 4.74 Å². The van der Waals surface area contributed by atoms with E-state index in [0.717, 1.165) is 37.6 Å². The number of rotatable bonds is 8. The van der Waals surface area contributed by atoms with Crippen LogP contribution in [0.1, 0.15) is 20.3 Å². The summed E-state index contributed by atoms with van der Waals surface area (Å²) >= 11 is 0. The van der Waals surface area contributed by atoms with Crippen molar-refractivity contribution in [3.8, 4) is 5.75 Å². The van der Waals surface area contributed by atoms with E-state index >= 15 is 0 Å². The first-order valence-corrected chi connectivity index (χ1v) is 5.90. The number of aromatic nitrogens is 1. The van der Waals surface area contributed by atoms with Gasteiger partial charge in [0.15, 0.2) is 11.6 Å². The molecule has 0 fully saturated rings. The Morgan fingerprint density at radius 3 is 2.94 bits per heavy atom. The number of anilines is 1. The average molecular weight is 223 g/mol. The van der Waals surface area contributed by atoms with Crippen molar-refractivity contribution < 1.29 is 4.74 Å². The molecule has 2 N–H and O–H groups in total. The second-order valence-electron chi connectivity index (χ2n) is 3.42. The van der Waals surface area contributed by atoms with Crippen LogP contribution in [0.25, 0.3) is 0 Å². The summed E-state index contributed by atoms with van der Waals surface area (Å²) in [5, 5.41) is 6.56. The third kappa shape index (κ3) is 4.49. The van der Waals surface area contributed by atoms with Gasteiger partial charge < -0.3 is 15.4 Å². The van der Waals surface area contributed by atoms with Gasteiger partial charge in [0, 0.05) is 12.7 Å². The Labute approximate surface area is 97.4 Å². The van der Waals surface area contributed by atoms with E-state index in [2.05, 4.69) is 22.5 Å². The van der Waals surface area contributed by atoms with Gasteiger partial charge in [-0.1, -0.05) is 6.92 Å². The summed E-state index contributed by atoms with van der Waals surface area (Å²) in [5.41, 5.74) is 0. The van der Waals surface area contributed by atoms with Gasteiger partial charge in [0.25, 0.3) is 0 Å². The molecule has 1 aromatic heterocycles. The molecule has 16 heavy (non-hydrogen) atoms. The maximum atomic E-state index is 5.47. The molecular weight excluding hydrogens is 202 g/mol. The van der Waals surface area contributed by atoms with Crippen molar-refractivity contribution in [2.75, 3.05) is 31.6 Å². The molecule has 0 radical (unpaired) electrons. The predicted molar refractivity (Wildman–Crippen MR) is 67.1 cm³/mol. The number of nitrogens with zero attached hydrogens (tertiary/aromatic N) is 1. The molecule has 0 aliphatic heterocycles. The van der Waals surface area contributed by atoms with Gasteiger partial charge in [-0.25, -0.2) is 4.98 Å². The maximum Gasteiger partial charge on any atom is 0.168 e. The summed E-state index contributed by atoms with van der Waals surface area (Å²) in [7, 11) is 0. The molecule has 0 saturated carbocycles. The minimum Gasteiger partial charge on any atom is -0.490 e. The van der Waals surface area contributed by atoms with Crippen LogP contribution >= 0.6 is 0 Å². The number of pyridine rings is 1. The largest absolute Gasteiger partial charge is 0.490 e. The van der Waals surface area contributed by atoms with E-state index in [1.807, 2.05) is 19.1 Å². The van der Waals surface area contributed by atoms with Crippen molar-refractivity contribution in [3.05, 3.63) is 18.3 Å². The highest BCUT2D eigenvalue weighted by Crippen LogP contribution is 2.20. The second kappa shape index (κ2) is 7.93. The van der Waals surface area contributed by atoms with E-state index in [1.54, 1.807) is 6.20 Å². The quantitative estimate of drug-likeness (QED) is 0.661. The molecule has 1 heterocycles. The highest BCUT2D eigenvalue weighted by molar-refractivity contribution is 5.49. The van der Waals surface area contributed by atoms with Gasteiger partial charge in [-0.2, -0.15) is 0 Å². The van der Waals surface area contributed by atoms with Crippen molar-refractivity contribution >= 4 is 5.82 Å². The van der Waals surface area contributed by atoms with Crippen molar-refractivity contribution in [2.24, 2.45) is 0 Å². The fourth-order valence-electron chi connectivity index (χ4n) is 1.39. The Morgan fingerprint density at radius 1 is 1.31 bits per heavy atom. The zero-order chi connectivity index (χ0) is 11.6. The topological polar surface area (TPSA) is 46.2 Å². The molecule has 0 spiro atoms. The fraction of sp³-hybridized carbons (Fsp3) is 0.583. The Balaban J connectivity index is 2.34. The van der Waals surface area contributed by atoms with Crippen LogP contribution in [0.2, 0.25) is 0 Å². The minimum absolute atomic E-state index is 0.664. The van der Waals surface area contributed by atoms with Crippen molar-refractivity contribution in [3.63, 3.8) is 0 Å². The van der Waals surface area contributed by atoms with Crippen LogP contribution in [-0.2, 0) is 0 Å². The lowest BCUT2D eigenvalue weighted by Gasteiger charge is -2.10. The molecule has 0 aliphatic carbocycles. The van der Waals surface area contributed by atoms with Gasteiger partial charge in [-0.15, -0.1) is 0 Å². The van der Waals surface area contributed by atoms with Crippen LogP contribution in [0.4, 0.5) is 5.82 Å². The molecule has 1 aromatic rings. The molecule has 4 nitrogen and oxygen atoms in total. The molecule has 0 aromatic carbocycles. The van der Waals surface area contributed by atoms with Crippen molar-refractivity contribution in [1.82, 2.24) is 10.3 Å². The van der Waals surface area contributed by atoms with Crippen LogP contribution in [0.5, 0.6) is 5.75 Å². The Hall–Kier alpha value is -1.29. The number of ether oxygens (including phenoxy) is 1. The van der Waals surface area contributed by atoms with Crippen LogP contribution < -0.4 is 15.4 Å². The van der Waals surface area contributed by atoms with E-state index in [0.29, 0.717) is 6.61 Å². The number of nitrogens with one attached hydrogen (secondary N) is 2. The fourth-order valence-corrected chi connectivity index (χ4v) is 1.39. The van der Waals surface area contributed by atoms with Gasteiger partial charge >= 0.3 is 0 Å². The summed E-state index contributed by atoms with van der Waals surface area (Å²) in [6.45, 7) is 7.71. The van der Waals surface area contributed by atoms with Crippen LogP contribution in [0, 0.1) is 0 Å². The summed E-state index contributed by atoms with van der Waals surface area (Å²) in [5.74, 6) is 1.66. The average Bonchev–Trinajstić information content (AvgIpc) is 2.31. The lowest BCUT2D eigenvalue weighted by atomic mass is 10.4. The molecule has 4 heteroatoms. The zero-order valence-corrected chi connectivity index (χ0v) is 10.1. The molecule has 0 bridgehead atoms. The molecule has 0 saturated heterocycles. The first-order valence-electron chi connectivity index (χ1n) is 5.90. The first kappa shape index (κ1) is 12.8. The Kier molecular flexibility index (Phi) is 6.33. The van der Waals surface area contributed by atoms with E-state index in [1.165, 1.54) is 0 Å². The van der Waals surface area contributed by atoms with Crippen LogP contribution in [0.3, 0.4) is 0 Å². The molecule has 0 aliphatic rings. The highest BCUT2D eigenvalue weighted by atomic mass is 16.5. The van der Waals surface area contributed by atoms with Gasteiger partial charge in [0.1, 0.15) is 0 Å². The molecule has 1 rings (SSSR count). The van der Waals surface area contributed by atoms with Crippen LogP contribution in [-0.4, -0.2) is 31.2 Å². The summed E-state index contributed by atoms with van der Waals surface area (Å²) in [4.78, 5) is 4.26. The Bertz CT molecular complexity index is 291. The van der Waals surface area contributed by atoms with Crippen molar-refractivity contribution in [1.29, 1.82) is 0 Å². The lowest BCUT2D eigenvalue weighted by Crippen LogP contribution is -2.17. The smallest absolute Gasteiger partial charge is 0.168 e. The molecule has 0 unspecified atom stereocenters. The summed E-state index contributed by atoms with van der Waals surface area (Å²) < 4.78 is 5.47. The van der Waals surface area contributed by atoms with E-state index in [9.17, 15) is 0 Å². The number of hydrogen-bond donors (Lipinski definition) is 2.